The van der Waals surface area contributed by atoms with Crippen LogP contribution in [-0.4, -0.2) is 23.9 Å². The van der Waals surface area contributed by atoms with Gasteiger partial charge in [-0.05, 0) is 51.4 Å². The fourth-order valence-electron chi connectivity index (χ4n) is 3.91. The largest absolute Gasteiger partial charge is 0.342 e. The molecule has 162 valence electrons. The van der Waals surface area contributed by atoms with Crippen LogP contribution in [0.3, 0.4) is 0 Å². The maximum Gasteiger partial charge on any atom is 0.226 e. The summed E-state index contributed by atoms with van der Waals surface area (Å²) in [6.07, 6.45) is 32.2. The van der Waals surface area contributed by atoms with Crippen molar-refractivity contribution in [3.63, 3.8) is 0 Å². The summed E-state index contributed by atoms with van der Waals surface area (Å²) >= 11 is 0. The number of allylic oxidation sites excluding steroid dienone is 3. The van der Waals surface area contributed by atoms with Crippen LogP contribution in [0.25, 0.3) is 0 Å². The first-order valence-electron chi connectivity index (χ1n) is 12.4. The molecule has 28 heavy (non-hydrogen) atoms. The van der Waals surface area contributed by atoms with Crippen molar-refractivity contribution in [2.75, 3.05) is 13.1 Å². The van der Waals surface area contributed by atoms with Gasteiger partial charge in [0, 0.05) is 19.5 Å². The fourth-order valence-corrected chi connectivity index (χ4v) is 3.91. The molecule has 0 unspecified atom stereocenters. The highest BCUT2D eigenvalue weighted by Gasteiger charge is 2.15. The van der Waals surface area contributed by atoms with E-state index in [1.165, 1.54) is 103 Å². The maximum atomic E-state index is 11.9. The summed E-state index contributed by atoms with van der Waals surface area (Å²) in [7, 11) is 0. The van der Waals surface area contributed by atoms with E-state index >= 15 is 0 Å². The van der Waals surface area contributed by atoms with Crippen LogP contribution in [0.4, 0.5) is 0 Å². The predicted octanol–water partition coefficient (Wildman–Crippen LogP) is 7.98. The van der Waals surface area contributed by atoms with Crippen molar-refractivity contribution in [2.45, 2.75) is 122 Å². The third-order valence-corrected chi connectivity index (χ3v) is 5.80. The van der Waals surface area contributed by atoms with Gasteiger partial charge in [0.25, 0.3) is 0 Å². The molecule has 0 aliphatic carbocycles. The Hall–Kier alpha value is -1.05. The lowest BCUT2D eigenvalue weighted by Crippen LogP contribution is -2.26. The molecule has 1 fully saturated rings. The summed E-state index contributed by atoms with van der Waals surface area (Å²) in [5.41, 5.74) is 0. The lowest BCUT2D eigenvalue weighted by Gasteiger charge is -2.13. The maximum absolute atomic E-state index is 11.9. The van der Waals surface area contributed by atoms with Gasteiger partial charge in [0.15, 0.2) is 0 Å². The first kappa shape index (κ1) is 25.0. The van der Waals surface area contributed by atoms with E-state index in [0.29, 0.717) is 12.3 Å². The molecule has 0 saturated carbocycles. The minimum Gasteiger partial charge on any atom is -0.342 e. The highest BCUT2D eigenvalue weighted by Crippen LogP contribution is 2.13. The molecule has 1 aliphatic heterocycles. The van der Waals surface area contributed by atoms with Crippen LogP contribution in [0.2, 0.25) is 0 Å². The summed E-state index contributed by atoms with van der Waals surface area (Å²) < 4.78 is 0. The molecular formula is C26H47NO. The quantitative estimate of drug-likeness (QED) is 0.172. The summed E-state index contributed by atoms with van der Waals surface area (Å²) in [4.78, 5) is 13.9. The van der Waals surface area contributed by atoms with Gasteiger partial charge >= 0.3 is 0 Å². The minimum absolute atomic E-state index is 0.316. The second kappa shape index (κ2) is 19.3. The Morgan fingerprint density at radius 2 is 1.07 bits per heavy atom. The molecule has 0 radical (unpaired) electrons. The van der Waals surface area contributed by atoms with Crippen molar-refractivity contribution in [2.24, 2.45) is 0 Å². The van der Waals surface area contributed by atoms with Crippen LogP contribution < -0.4 is 0 Å². The van der Waals surface area contributed by atoms with Gasteiger partial charge in [0.2, 0.25) is 5.91 Å². The van der Waals surface area contributed by atoms with Gasteiger partial charge in [0.1, 0.15) is 0 Å². The molecule has 0 spiro atoms. The third kappa shape index (κ3) is 14.9. The standard InChI is InChI=1S/C26H47NO/c1-2-3-4-5-6-7-8-9-10-11-12-13-14-15-16-17-18-19-20-23-26(28)27-24-21-22-25-27/h6-7,19-20H,2-5,8-18,21-25H2,1H3. The first-order valence-corrected chi connectivity index (χ1v) is 12.4. The molecule has 2 nitrogen and oxygen atoms in total. The Morgan fingerprint density at radius 1 is 0.643 bits per heavy atom. The van der Waals surface area contributed by atoms with Gasteiger partial charge in [-0.1, -0.05) is 89.0 Å². The normalized spacial score (nSPS) is 14.7. The van der Waals surface area contributed by atoms with Crippen LogP contribution in [0, 0.1) is 0 Å². The van der Waals surface area contributed by atoms with Crippen molar-refractivity contribution < 1.29 is 4.79 Å². The topological polar surface area (TPSA) is 20.3 Å². The summed E-state index contributed by atoms with van der Waals surface area (Å²) in [5.74, 6) is 0.316. The molecule has 1 heterocycles. The molecule has 0 N–H and O–H groups in total. The Balaban J connectivity index is 1.75. The van der Waals surface area contributed by atoms with Crippen molar-refractivity contribution >= 4 is 5.91 Å². The number of carbonyl (C=O) groups is 1. The Labute approximate surface area is 175 Å². The van der Waals surface area contributed by atoms with Crippen LogP contribution in [0.5, 0.6) is 0 Å². The highest BCUT2D eigenvalue weighted by molar-refractivity contribution is 5.77. The lowest BCUT2D eigenvalue weighted by molar-refractivity contribution is -0.129. The zero-order chi connectivity index (χ0) is 20.1. The molecule has 1 saturated heterocycles. The number of rotatable bonds is 18. The van der Waals surface area contributed by atoms with E-state index in [9.17, 15) is 4.79 Å². The number of likely N-dealkylation sites (tertiary alicyclic amines) is 1. The Morgan fingerprint density at radius 3 is 1.57 bits per heavy atom. The van der Waals surface area contributed by atoms with Gasteiger partial charge < -0.3 is 4.90 Å². The molecule has 0 aromatic carbocycles. The molecule has 1 rings (SSSR count). The third-order valence-electron chi connectivity index (χ3n) is 5.80. The smallest absolute Gasteiger partial charge is 0.226 e. The van der Waals surface area contributed by atoms with Crippen molar-refractivity contribution in [3.8, 4) is 0 Å². The molecule has 0 bridgehead atoms. The summed E-state index contributed by atoms with van der Waals surface area (Å²) in [6, 6.07) is 0. The number of amides is 1. The first-order chi connectivity index (χ1) is 13.8. The summed E-state index contributed by atoms with van der Waals surface area (Å²) in [6.45, 7) is 4.22. The van der Waals surface area contributed by atoms with E-state index in [1.807, 2.05) is 4.90 Å². The van der Waals surface area contributed by atoms with E-state index in [2.05, 4.69) is 31.2 Å². The van der Waals surface area contributed by atoms with Crippen LogP contribution in [0.15, 0.2) is 24.3 Å². The number of unbranched alkanes of at least 4 members (excludes halogenated alkanes) is 13. The van der Waals surface area contributed by atoms with Crippen LogP contribution in [0.1, 0.15) is 122 Å². The van der Waals surface area contributed by atoms with Crippen molar-refractivity contribution in [1.29, 1.82) is 0 Å². The molecule has 0 aromatic heterocycles. The molecule has 1 aliphatic rings. The van der Waals surface area contributed by atoms with E-state index in [1.54, 1.807) is 0 Å². The second-order valence-electron chi connectivity index (χ2n) is 8.49. The molecule has 1 amide bonds. The second-order valence-corrected chi connectivity index (χ2v) is 8.49. The number of carbonyl (C=O) groups excluding carboxylic acids is 1. The van der Waals surface area contributed by atoms with Crippen molar-refractivity contribution in [3.05, 3.63) is 24.3 Å². The van der Waals surface area contributed by atoms with Gasteiger partial charge in [-0.3, -0.25) is 4.79 Å². The van der Waals surface area contributed by atoms with E-state index in [0.717, 1.165) is 19.5 Å². The number of hydrogen-bond donors (Lipinski definition) is 0. The van der Waals surface area contributed by atoms with Crippen LogP contribution >= 0.6 is 0 Å². The van der Waals surface area contributed by atoms with E-state index in [-0.39, 0.29) is 0 Å². The lowest BCUT2D eigenvalue weighted by atomic mass is 10.1. The van der Waals surface area contributed by atoms with Crippen molar-refractivity contribution in [1.82, 2.24) is 4.90 Å². The molecular weight excluding hydrogens is 342 g/mol. The highest BCUT2D eigenvalue weighted by atomic mass is 16.2. The van der Waals surface area contributed by atoms with E-state index in [4.69, 9.17) is 0 Å². The summed E-state index contributed by atoms with van der Waals surface area (Å²) in [5, 5.41) is 0. The zero-order valence-electron chi connectivity index (χ0n) is 18.8. The number of nitrogens with zero attached hydrogens (tertiary/aromatic N) is 1. The molecule has 0 atom stereocenters. The van der Waals surface area contributed by atoms with Gasteiger partial charge in [-0.2, -0.15) is 0 Å². The van der Waals surface area contributed by atoms with Gasteiger partial charge in [-0.15, -0.1) is 0 Å². The SMILES string of the molecule is CCCCCC=CCCCCCCCCCCCC=CCC(=O)N1CCCC1. The average Bonchev–Trinajstić information content (AvgIpc) is 3.24. The number of hydrogen-bond acceptors (Lipinski definition) is 1. The predicted molar refractivity (Wildman–Crippen MR) is 124 cm³/mol. The Kier molecular flexibility index (Phi) is 17.2. The minimum atomic E-state index is 0.316. The molecule has 0 aromatic rings. The zero-order valence-corrected chi connectivity index (χ0v) is 18.8. The van der Waals surface area contributed by atoms with Gasteiger partial charge in [0.05, 0.1) is 0 Å². The average molecular weight is 390 g/mol. The van der Waals surface area contributed by atoms with Gasteiger partial charge in [-0.25, -0.2) is 0 Å². The fraction of sp³-hybridized carbons (Fsp3) is 0.808. The van der Waals surface area contributed by atoms with Crippen LogP contribution in [-0.2, 0) is 4.79 Å². The Bertz CT molecular complexity index is 407. The monoisotopic (exact) mass is 389 g/mol. The molecule has 2 heteroatoms. The van der Waals surface area contributed by atoms with E-state index < -0.39 is 0 Å².